The molecule has 0 unspecified atom stereocenters. The molecule has 0 fully saturated rings. The van der Waals surface area contributed by atoms with Crippen molar-refractivity contribution < 1.29 is 14.3 Å². The van der Waals surface area contributed by atoms with Crippen molar-refractivity contribution in [3.63, 3.8) is 0 Å². The van der Waals surface area contributed by atoms with Gasteiger partial charge in [0.25, 0.3) is 5.91 Å². The van der Waals surface area contributed by atoms with Crippen molar-refractivity contribution in [2.45, 2.75) is 13.8 Å². The fourth-order valence-corrected chi connectivity index (χ4v) is 2.46. The monoisotopic (exact) mass is 403 g/mol. The molecule has 1 N–H and O–H groups in total. The molecule has 0 bridgehead atoms. The minimum Gasteiger partial charge on any atom is -0.492 e. The van der Waals surface area contributed by atoms with Crippen molar-refractivity contribution in [1.29, 1.82) is 0 Å². The van der Waals surface area contributed by atoms with E-state index in [1.807, 2.05) is 18.2 Å². The van der Waals surface area contributed by atoms with E-state index in [9.17, 15) is 4.79 Å². The minimum atomic E-state index is -0.255. The van der Waals surface area contributed by atoms with Crippen LogP contribution < -0.4 is 14.8 Å². The van der Waals surface area contributed by atoms with Crippen molar-refractivity contribution in [2.24, 2.45) is 5.92 Å². The molecule has 2 rings (SSSR count). The zero-order valence-corrected chi connectivity index (χ0v) is 16.0. The van der Waals surface area contributed by atoms with Gasteiger partial charge in [0.05, 0.1) is 17.9 Å². The van der Waals surface area contributed by atoms with Crippen LogP contribution in [-0.4, -0.2) is 19.1 Å². The van der Waals surface area contributed by atoms with E-state index in [0.29, 0.717) is 41.9 Å². The van der Waals surface area contributed by atoms with Gasteiger partial charge in [-0.1, -0.05) is 54.6 Å². The molecule has 0 aliphatic rings. The zero-order valence-electron chi connectivity index (χ0n) is 14.4. The Morgan fingerprint density at radius 3 is 2.68 bits per heavy atom. The molecule has 2 aromatic rings. The maximum absolute atomic E-state index is 12.8. The molecule has 0 aromatic heterocycles. The predicted molar refractivity (Wildman–Crippen MR) is 105 cm³/mol. The van der Waals surface area contributed by atoms with Gasteiger partial charge in [-0.3, -0.25) is 4.79 Å². The van der Waals surface area contributed by atoms with Crippen molar-refractivity contribution >= 4 is 27.5 Å². The van der Waals surface area contributed by atoms with Crippen LogP contribution in [0.25, 0.3) is 0 Å². The van der Waals surface area contributed by atoms with Crippen molar-refractivity contribution in [2.75, 3.05) is 18.5 Å². The number of hydrogen-bond acceptors (Lipinski definition) is 3. The first kappa shape index (κ1) is 19.1. The first-order valence-corrected chi connectivity index (χ1v) is 8.87. The van der Waals surface area contributed by atoms with E-state index in [2.05, 4.69) is 41.7 Å². The molecule has 0 heterocycles. The lowest BCUT2D eigenvalue weighted by Crippen LogP contribution is -2.15. The summed E-state index contributed by atoms with van der Waals surface area (Å²) in [6.07, 6.45) is 1.66. The fourth-order valence-electron chi connectivity index (χ4n) is 2.10. The number of nitrogens with one attached hydrogen (secondary N) is 1. The normalized spacial score (nSPS) is 10.4. The van der Waals surface area contributed by atoms with E-state index in [4.69, 9.17) is 9.47 Å². The van der Waals surface area contributed by atoms with E-state index >= 15 is 0 Å². The zero-order chi connectivity index (χ0) is 18.2. The third kappa shape index (κ3) is 5.64. The average Bonchev–Trinajstić information content (AvgIpc) is 2.59. The number of anilines is 1. The number of amides is 1. The Kier molecular flexibility index (Phi) is 7.07. The first-order chi connectivity index (χ1) is 12.0. The summed E-state index contributed by atoms with van der Waals surface area (Å²) in [4.78, 5) is 12.8. The number of ether oxygens (including phenoxy) is 2. The van der Waals surface area contributed by atoms with Crippen LogP contribution in [0.15, 0.2) is 59.6 Å². The Morgan fingerprint density at radius 2 is 1.96 bits per heavy atom. The quantitative estimate of drug-likeness (QED) is 0.608. The summed E-state index contributed by atoms with van der Waals surface area (Å²) in [6, 6.07) is 12.7. The second kappa shape index (κ2) is 9.28. The third-order valence-corrected chi connectivity index (χ3v) is 3.74. The van der Waals surface area contributed by atoms with Gasteiger partial charge in [0.15, 0.2) is 0 Å². The highest BCUT2D eigenvalue weighted by atomic mass is 79.9. The summed E-state index contributed by atoms with van der Waals surface area (Å²) in [7, 11) is 0. The number of rotatable bonds is 8. The van der Waals surface area contributed by atoms with Gasteiger partial charge in [0.2, 0.25) is 0 Å². The SMILES string of the molecule is C=CCOc1ccccc1NC(=O)c1cc(Br)ccc1OCC(C)C. The summed E-state index contributed by atoms with van der Waals surface area (Å²) in [5, 5.41) is 2.89. The Balaban J connectivity index is 2.23. The number of halogens is 1. The fraction of sp³-hybridized carbons (Fsp3) is 0.250. The molecule has 0 aliphatic heterocycles. The highest BCUT2D eigenvalue weighted by Gasteiger charge is 2.16. The lowest BCUT2D eigenvalue weighted by Gasteiger charge is -2.15. The largest absolute Gasteiger partial charge is 0.492 e. The Morgan fingerprint density at radius 1 is 1.20 bits per heavy atom. The minimum absolute atomic E-state index is 0.255. The van der Waals surface area contributed by atoms with Crippen molar-refractivity contribution in [3.05, 3.63) is 65.2 Å². The molecular weight excluding hydrogens is 382 g/mol. The Labute approximate surface area is 157 Å². The lowest BCUT2D eigenvalue weighted by atomic mass is 10.1. The number of para-hydroxylation sites is 2. The van der Waals surface area contributed by atoms with Gasteiger partial charge in [-0.05, 0) is 36.2 Å². The van der Waals surface area contributed by atoms with Gasteiger partial charge in [0.1, 0.15) is 18.1 Å². The van der Waals surface area contributed by atoms with E-state index < -0.39 is 0 Å². The summed E-state index contributed by atoms with van der Waals surface area (Å²) >= 11 is 3.41. The van der Waals surface area contributed by atoms with Gasteiger partial charge in [-0.2, -0.15) is 0 Å². The molecule has 2 aromatic carbocycles. The Bertz CT molecular complexity index is 743. The summed E-state index contributed by atoms with van der Waals surface area (Å²) in [5.74, 6) is 1.26. The molecular formula is C20H22BrNO3. The van der Waals surface area contributed by atoms with Crippen LogP contribution in [0.4, 0.5) is 5.69 Å². The topological polar surface area (TPSA) is 47.6 Å². The number of hydrogen-bond donors (Lipinski definition) is 1. The molecule has 4 nitrogen and oxygen atoms in total. The molecule has 25 heavy (non-hydrogen) atoms. The second-order valence-electron chi connectivity index (χ2n) is 5.90. The molecule has 0 aliphatic carbocycles. The molecule has 132 valence electrons. The van der Waals surface area contributed by atoms with Gasteiger partial charge in [0, 0.05) is 4.47 Å². The van der Waals surface area contributed by atoms with Gasteiger partial charge in [-0.25, -0.2) is 0 Å². The van der Waals surface area contributed by atoms with Crippen LogP contribution in [0.5, 0.6) is 11.5 Å². The molecule has 5 heteroatoms. The molecule has 0 atom stereocenters. The summed E-state index contributed by atoms with van der Waals surface area (Å²) < 4.78 is 12.2. The van der Waals surface area contributed by atoms with Crippen LogP contribution in [0.3, 0.4) is 0 Å². The number of benzene rings is 2. The van der Waals surface area contributed by atoms with Crippen molar-refractivity contribution in [3.8, 4) is 11.5 Å². The maximum Gasteiger partial charge on any atom is 0.259 e. The molecule has 0 saturated carbocycles. The third-order valence-electron chi connectivity index (χ3n) is 3.25. The lowest BCUT2D eigenvalue weighted by molar-refractivity contribution is 0.102. The highest BCUT2D eigenvalue weighted by Crippen LogP contribution is 2.28. The van der Waals surface area contributed by atoms with Crippen LogP contribution in [0, 0.1) is 5.92 Å². The Hall–Kier alpha value is -2.27. The summed E-state index contributed by atoms with van der Waals surface area (Å²) in [5.41, 5.74) is 1.07. The van der Waals surface area contributed by atoms with Crippen molar-refractivity contribution in [1.82, 2.24) is 0 Å². The van der Waals surface area contributed by atoms with Gasteiger partial charge in [-0.15, -0.1) is 0 Å². The average molecular weight is 404 g/mol. The van der Waals surface area contributed by atoms with E-state index in [0.717, 1.165) is 4.47 Å². The number of carbonyl (C=O) groups excluding carboxylic acids is 1. The smallest absolute Gasteiger partial charge is 0.259 e. The molecule has 1 amide bonds. The molecule has 0 saturated heterocycles. The van der Waals surface area contributed by atoms with Crippen LogP contribution >= 0.6 is 15.9 Å². The second-order valence-corrected chi connectivity index (χ2v) is 6.81. The van der Waals surface area contributed by atoms with E-state index in [-0.39, 0.29) is 5.91 Å². The van der Waals surface area contributed by atoms with Crippen LogP contribution in [0.1, 0.15) is 24.2 Å². The predicted octanol–water partition coefficient (Wildman–Crippen LogP) is 5.30. The van der Waals surface area contributed by atoms with Gasteiger partial charge < -0.3 is 14.8 Å². The summed E-state index contributed by atoms with van der Waals surface area (Å²) in [6.45, 7) is 8.67. The molecule has 0 spiro atoms. The standard InChI is InChI=1S/C20H22BrNO3/c1-4-11-24-19-8-6-5-7-17(19)22-20(23)16-12-15(21)9-10-18(16)25-13-14(2)3/h4-10,12,14H,1,11,13H2,2-3H3,(H,22,23). The molecule has 0 radical (unpaired) electrons. The highest BCUT2D eigenvalue weighted by molar-refractivity contribution is 9.10. The van der Waals surface area contributed by atoms with E-state index in [1.54, 1.807) is 30.3 Å². The number of carbonyl (C=O) groups is 1. The van der Waals surface area contributed by atoms with E-state index in [1.165, 1.54) is 0 Å². The van der Waals surface area contributed by atoms with Crippen LogP contribution in [-0.2, 0) is 0 Å². The maximum atomic E-state index is 12.8. The van der Waals surface area contributed by atoms with Crippen LogP contribution in [0.2, 0.25) is 0 Å². The van der Waals surface area contributed by atoms with Gasteiger partial charge >= 0.3 is 0 Å². The first-order valence-electron chi connectivity index (χ1n) is 8.07.